The highest BCUT2D eigenvalue weighted by Gasteiger charge is 2.26. The van der Waals surface area contributed by atoms with E-state index in [4.69, 9.17) is 4.74 Å². The van der Waals surface area contributed by atoms with E-state index < -0.39 is 15.3 Å². The van der Waals surface area contributed by atoms with Crippen molar-refractivity contribution in [1.29, 1.82) is 0 Å². The summed E-state index contributed by atoms with van der Waals surface area (Å²) in [6.45, 7) is 3.09. The van der Waals surface area contributed by atoms with Gasteiger partial charge in [0.2, 0.25) is 15.9 Å². The molecule has 2 aromatic carbocycles. The minimum atomic E-state index is -3.59. The molecule has 0 bridgehead atoms. The summed E-state index contributed by atoms with van der Waals surface area (Å²) >= 11 is 1.13. The fraction of sp³-hybridized carbons (Fsp3) is 0.286. The van der Waals surface area contributed by atoms with Gasteiger partial charge in [0.1, 0.15) is 0 Å². The zero-order chi connectivity index (χ0) is 22.7. The molecule has 1 aliphatic heterocycles. The third-order valence-corrected chi connectivity index (χ3v) is 7.88. The molecule has 168 valence electrons. The van der Waals surface area contributed by atoms with E-state index in [1.807, 2.05) is 0 Å². The number of sulfonamides is 1. The first kappa shape index (κ1) is 22.5. The molecule has 0 spiro atoms. The van der Waals surface area contributed by atoms with Gasteiger partial charge in [0.05, 0.1) is 34.3 Å². The number of rotatable bonds is 6. The van der Waals surface area contributed by atoms with Crippen LogP contribution in [0.2, 0.25) is 0 Å². The van der Waals surface area contributed by atoms with Gasteiger partial charge in [-0.25, -0.2) is 13.4 Å². The lowest BCUT2D eigenvalue weighted by Gasteiger charge is -2.26. The lowest BCUT2D eigenvalue weighted by Crippen LogP contribution is -2.40. The highest BCUT2D eigenvalue weighted by atomic mass is 32.2. The van der Waals surface area contributed by atoms with Crippen molar-refractivity contribution in [2.24, 2.45) is 0 Å². The number of ether oxygens (including phenoxy) is 1. The van der Waals surface area contributed by atoms with E-state index in [0.717, 1.165) is 11.8 Å². The number of carbonyl (C=O) groups excluding carboxylic acids is 1. The maximum Gasteiger partial charge on any atom is 0.259 e. The summed E-state index contributed by atoms with van der Waals surface area (Å²) in [5.41, 5.74) is 0.773. The van der Waals surface area contributed by atoms with Crippen molar-refractivity contribution in [3.05, 3.63) is 58.9 Å². The highest BCUT2D eigenvalue weighted by molar-refractivity contribution is 8.00. The van der Waals surface area contributed by atoms with Crippen molar-refractivity contribution in [1.82, 2.24) is 14.3 Å². The molecule has 1 fully saturated rings. The first-order valence-corrected chi connectivity index (χ1v) is 12.3. The Kier molecular flexibility index (Phi) is 6.60. The zero-order valence-electron chi connectivity index (χ0n) is 17.3. The largest absolute Gasteiger partial charge is 0.379 e. The standard InChI is InChI=1S/C21H22N4O5S2/c1-14(31-21-23-18-5-3-2-4-17(18)20(27)24-21)19(26)22-15-6-8-16(9-7-15)32(28,29)25-10-12-30-13-11-25/h2-9,14H,10-13H2,1H3,(H,22,26)(H,23,24,27). The van der Waals surface area contributed by atoms with Crippen molar-refractivity contribution in [2.45, 2.75) is 22.2 Å². The van der Waals surface area contributed by atoms with Gasteiger partial charge in [-0.05, 0) is 43.3 Å². The van der Waals surface area contributed by atoms with Crippen molar-refractivity contribution in [3.63, 3.8) is 0 Å². The van der Waals surface area contributed by atoms with Crippen molar-refractivity contribution in [2.75, 3.05) is 31.6 Å². The molecular formula is C21H22N4O5S2. The molecule has 1 aromatic heterocycles. The number of nitrogens with one attached hydrogen (secondary N) is 2. The van der Waals surface area contributed by atoms with Crippen molar-refractivity contribution >= 4 is 44.3 Å². The minimum absolute atomic E-state index is 0.165. The Morgan fingerprint density at radius 2 is 1.84 bits per heavy atom. The molecule has 1 amide bonds. The number of hydrogen-bond donors (Lipinski definition) is 2. The molecule has 9 nitrogen and oxygen atoms in total. The number of fused-ring (bicyclic) bond motifs is 1. The van der Waals surface area contributed by atoms with E-state index in [1.54, 1.807) is 43.3 Å². The number of aromatic amines is 1. The van der Waals surface area contributed by atoms with Gasteiger partial charge in [-0.3, -0.25) is 9.59 Å². The Hall–Kier alpha value is -2.73. The quantitative estimate of drug-likeness (QED) is 0.414. The predicted molar refractivity (Wildman–Crippen MR) is 122 cm³/mol. The van der Waals surface area contributed by atoms with Crippen LogP contribution in [-0.2, 0) is 19.6 Å². The van der Waals surface area contributed by atoms with Crippen LogP contribution in [0.1, 0.15) is 6.92 Å². The molecule has 0 saturated carbocycles. The van der Waals surface area contributed by atoms with Crippen LogP contribution in [0.3, 0.4) is 0 Å². The number of thioether (sulfide) groups is 1. The van der Waals surface area contributed by atoms with Gasteiger partial charge < -0.3 is 15.0 Å². The third kappa shape index (κ3) is 4.85. The van der Waals surface area contributed by atoms with Crippen molar-refractivity contribution in [3.8, 4) is 0 Å². The SMILES string of the molecule is CC(Sc1nc2ccccc2c(=O)[nH]1)C(=O)Nc1ccc(S(=O)(=O)N2CCOCC2)cc1. The average molecular weight is 475 g/mol. The monoisotopic (exact) mass is 474 g/mol. The van der Waals surface area contributed by atoms with E-state index in [-0.39, 0.29) is 16.4 Å². The number of H-pyrrole nitrogens is 1. The Bertz CT molecular complexity index is 1290. The maximum atomic E-state index is 12.7. The first-order valence-electron chi connectivity index (χ1n) is 9.99. The van der Waals surface area contributed by atoms with Gasteiger partial charge >= 0.3 is 0 Å². The summed E-state index contributed by atoms with van der Waals surface area (Å²) in [6.07, 6.45) is 0. The van der Waals surface area contributed by atoms with Gasteiger partial charge in [-0.15, -0.1) is 0 Å². The number of hydrogen-bond acceptors (Lipinski definition) is 7. The Morgan fingerprint density at radius 1 is 1.16 bits per heavy atom. The summed E-state index contributed by atoms with van der Waals surface area (Å²) < 4.78 is 32.0. The van der Waals surface area contributed by atoms with E-state index in [0.29, 0.717) is 48.1 Å². The van der Waals surface area contributed by atoms with E-state index in [2.05, 4.69) is 15.3 Å². The number of anilines is 1. The van der Waals surface area contributed by atoms with Crippen LogP contribution < -0.4 is 10.9 Å². The number of aromatic nitrogens is 2. The van der Waals surface area contributed by atoms with Crippen LogP contribution in [-0.4, -0.2) is 60.2 Å². The Morgan fingerprint density at radius 3 is 2.56 bits per heavy atom. The van der Waals surface area contributed by atoms with E-state index in [1.165, 1.54) is 16.4 Å². The van der Waals surface area contributed by atoms with Crippen LogP contribution in [0.5, 0.6) is 0 Å². The third-order valence-electron chi connectivity index (χ3n) is 4.98. The van der Waals surface area contributed by atoms with Gasteiger partial charge in [-0.2, -0.15) is 4.31 Å². The predicted octanol–water partition coefficient (Wildman–Crippen LogP) is 2.06. The van der Waals surface area contributed by atoms with Gasteiger partial charge in [0, 0.05) is 18.8 Å². The van der Waals surface area contributed by atoms with Crippen LogP contribution in [0.25, 0.3) is 10.9 Å². The first-order chi connectivity index (χ1) is 15.3. The summed E-state index contributed by atoms with van der Waals surface area (Å²) in [4.78, 5) is 32.1. The van der Waals surface area contributed by atoms with Gasteiger partial charge in [-0.1, -0.05) is 23.9 Å². The topological polar surface area (TPSA) is 121 Å². The van der Waals surface area contributed by atoms with Crippen LogP contribution in [0, 0.1) is 0 Å². The number of benzene rings is 2. The molecule has 32 heavy (non-hydrogen) atoms. The molecule has 0 radical (unpaired) electrons. The molecule has 3 aromatic rings. The van der Waals surface area contributed by atoms with E-state index in [9.17, 15) is 18.0 Å². The lowest BCUT2D eigenvalue weighted by molar-refractivity contribution is -0.115. The molecule has 1 aliphatic rings. The van der Waals surface area contributed by atoms with Crippen LogP contribution in [0.15, 0.2) is 63.4 Å². The smallest absolute Gasteiger partial charge is 0.259 e. The second-order valence-electron chi connectivity index (χ2n) is 7.18. The van der Waals surface area contributed by atoms with Crippen molar-refractivity contribution < 1.29 is 17.9 Å². The summed E-state index contributed by atoms with van der Waals surface area (Å²) in [5.74, 6) is -0.297. The summed E-state index contributed by atoms with van der Waals surface area (Å²) in [5, 5.41) is 3.06. The average Bonchev–Trinajstić information content (AvgIpc) is 2.80. The summed E-state index contributed by atoms with van der Waals surface area (Å²) in [7, 11) is -3.59. The fourth-order valence-electron chi connectivity index (χ4n) is 3.23. The number of morpholine rings is 1. The molecule has 1 unspecified atom stereocenters. The summed E-state index contributed by atoms with van der Waals surface area (Å²) in [6, 6.07) is 13.0. The molecular weight excluding hydrogens is 452 g/mol. The van der Waals surface area contributed by atoms with Gasteiger partial charge in [0.25, 0.3) is 5.56 Å². The Labute approximate surface area is 189 Å². The number of nitrogens with zero attached hydrogens (tertiary/aromatic N) is 2. The highest BCUT2D eigenvalue weighted by Crippen LogP contribution is 2.23. The molecule has 1 saturated heterocycles. The minimum Gasteiger partial charge on any atom is -0.379 e. The molecule has 0 aliphatic carbocycles. The van der Waals surface area contributed by atoms with E-state index >= 15 is 0 Å². The maximum absolute atomic E-state index is 12.7. The number of amides is 1. The molecule has 4 rings (SSSR count). The fourth-order valence-corrected chi connectivity index (χ4v) is 5.44. The second-order valence-corrected chi connectivity index (χ2v) is 10.4. The number of carbonyl (C=O) groups is 1. The molecule has 2 N–H and O–H groups in total. The van der Waals surface area contributed by atoms with Crippen LogP contribution >= 0.6 is 11.8 Å². The molecule has 1 atom stereocenters. The lowest BCUT2D eigenvalue weighted by atomic mass is 10.2. The Balaban J connectivity index is 1.42. The molecule has 2 heterocycles. The number of para-hydroxylation sites is 1. The van der Waals surface area contributed by atoms with Crippen LogP contribution in [0.4, 0.5) is 5.69 Å². The molecule has 11 heteroatoms. The second kappa shape index (κ2) is 9.41. The van der Waals surface area contributed by atoms with Gasteiger partial charge in [0.15, 0.2) is 5.16 Å². The zero-order valence-corrected chi connectivity index (χ0v) is 18.9. The normalized spacial score (nSPS) is 16.0.